The van der Waals surface area contributed by atoms with E-state index >= 15 is 0 Å². The Morgan fingerprint density at radius 1 is 1.35 bits per heavy atom. The van der Waals surface area contributed by atoms with E-state index < -0.39 is 0 Å². The summed E-state index contributed by atoms with van der Waals surface area (Å²) in [6.07, 6.45) is 3.31. The lowest BCUT2D eigenvalue weighted by Crippen LogP contribution is -2.42. The highest BCUT2D eigenvalue weighted by molar-refractivity contribution is 5.31. The molecule has 0 amide bonds. The van der Waals surface area contributed by atoms with Gasteiger partial charge in [-0.05, 0) is 32.3 Å². The van der Waals surface area contributed by atoms with Crippen LogP contribution < -0.4 is 5.32 Å². The summed E-state index contributed by atoms with van der Waals surface area (Å²) in [4.78, 5) is 0. The first-order valence-electron chi connectivity index (χ1n) is 6.36. The van der Waals surface area contributed by atoms with Crippen LogP contribution >= 0.6 is 0 Å². The molecule has 1 aromatic carbocycles. The summed E-state index contributed by atoms with van der Waals surface area (Å²) in [6, 6.07) is 7.46. The van der Waals surface area contributed by atoms with E-state index in [1.807, 2.05) is 12.1 Å². The van der Waals surface area contributed by atoms with E-state index in [2.05, 4.69) is 12.2 Å². The normalized spacial score (nSPS) is 30.5. The average molecular weight is 235 g/mol. The molecular weight excluding hydrogens is 217 g/mol. The van der Waals surface area contributed by atoms with E-state index in [9.17, 15) is 4.39 Å². The molecule has 1 heterocycles. The van der Waals surface area contributed by atoms with E-state index in [0.717, 1.165) is 31.4 Å². The molecule has 2 aliphatic rings. The average Bonchev–Trinajstić information content (AvgIpc) is 2.99. The Morgan fingerprint density at radius 2 is 2.12 bits per heavy atom. The van der Waals surface area contributed by atoms with Crippen molar-refractivity contribution in [2.45, 2.75) is 43.9 Å². The number of hydrogen-bond donors (Lipinski definition) is 1. The highest BCUT2D eigenvalue weighted by atomic mass is 19.1. The third-order valence-corrected chi connectivity index (χ3v) is 3.98. The lowest BCUT2D eigenvalue weighted by atomic mass is 10.0. The molecule has 0 bridgehead atoms. The topological polar surface area (TPSA) is 21.3 Å². The van der Waals surface area contributed by atoms with E-state index in [0.29, 0.717) is 6.04 Å². The molecule has 1 N–H and O–H groups in total. The minimum absolute atomic E-state index is 0.0935. The molecule has 0 radical (unpaired) electrons. The van der Waals surface area contributed by atoms with E-state index in [1.165, 1.54) is 0 Å². The van der Waals surface area contributed by atoms with Gasteiger partial charge in [0, 0.05) is 23.8 Å². The Labute approximate surface area is 101 Å². The summed E-state index contributed by atoms with van der Waals surface area (Å²) < 4.78 is 19.4. The van der Waals surface area contributed by atoms with Gasteiger partial charge in [-0.1, -0.05) is 18.2 Å². The molecule has 1 saturated carbocycles. The fraction of sp³-hybridized carbons (Fsp3) is 0.571. The van der Waals surface area contributed by atoms with Crippen LogP contribution in [0, 0.1) is 5.82 Å². The number of ether oxygens (including phenoxy) is 1. The molecule has 1 aromatic rings. The Kier molecular flexibility index (Phi) is 2.68. The van der Waals surface area contributed by atoms with Gasteiger partial charge >= 0.3 is 0 Å². The van der Waals surface area contributed by atoms with Crippen LogP contribution in [-0.4, -0.2) is 18.8 Å². The van der Waals surface area contributed by atoms with Crippen LogP contribution in [-0.2, 0) is 10.3 Å². The van der Waals surface area contributed by atoms with E-state index in [-0.39, 0.29) is 17.5 Å². The maximum Gasteiger partial charge on any atom is 0.128 e. The van der Waals surface area contributed by atoms with Crippen molar-refractivity contribution >= 4 is 0 Å². The summed E-state index contributed by atoms with van der Waals surface area (Å²) in [5, 5.41) is 3.61. The first kappa shape index (κ1) is 11.2. The monoisotopic (exact) mass is 235 g/mol. The molecule has 1 saturated heterocycles. The summed E-state index contributed by atoms with van der Waals surface area (Å²) in [5.41, 5.74) is 0.692. The molecule has 2 fully saturated rings. The lowest BCUT2D eigenvalue weighted by Gasteiger charge is -2.25. The molecular formula is C14H18FNO. The zero-order valence-electron chi connectivity index (χ0n) is 10.1. The number of rotatable bonds is 3. The van der Waals surface area contributed by atoms with Gasteiger partial charge in [0.2, 0.25) is 0 Å². The van der Waals surface area contributed by atoms with Crippen molar-refractivity contribution in [2.75, 3.05) is 6.61 Å². The summed E-state index contributed by atoms with van der Waals surface area (Å²) >= 11 is 0. The fourth-order valence-corrected chi connectivity index (χ4v) is 2.74. The Hall–Kier alpha value is -0.930. The van der Waals surface area contributed by atoms with Crippen molar-refractivity contribution in [1.29, 1.82) is 0 Å². The zero-order valence-corrected chi connectivity index (χ0v) is 10.1. The lowest BCUT2D eigenvalue weighted by molar-refractivity contribution is 0.109. The van der Waals surface area contributed by atoms with Gasteiger partial charge in [0.25, 0.3) is 0 Å². The highest BCUT2D eigenvalue weighted by Crippen LogP contribution is 2.47. The molecule has 1 aliphatic carbocycles. The molecule has 92 valence electrons. The second-order valence-corrected chi connectivity index (χ2v) is 5.18. The minimum Gasteiger partial charge on any atom is -0.377 e. The largest absolute Gasteiger partial charge is 0.377 e. The molecule has 1 aliphatic heterocycles. The van der Waals surface area contributed by atoms with Crippen LogP contribution in [0.5, 0.6) is 0 Å². The second kappa shape index (κ2) is 4.07. The standard InChI is InChI=1S/C14H18FNO/c1-10-13(6-9-17-10)16-14(7-8-14)11-4-2-3-5-12(11)15/h2-5,10,13,16H,6-9H2,1H3. The first-order valence-corrected chi connectivity index (χ1v) is 6.36. The smallest absolute Gasteiger partial charge is 0.128 e. The second-order valence-electron chi connectivity index (χ2n) is 5.18. The van der Waals surface area contributed by atoms with E-state index in [4.69, 9.17) is 4.74 Å². The van der Waals surface area contributed by atoms with Crippen molar-refractivity contribution in [3.05, 3.63) is 35.6 Å². The predicted molar refractivity (Wildman–Crippen MR) is 64.3 cm³/mol. The Balaban J connectivity index is 1.80. The predicted octanol–water partition coefficient (Wildman–Crippen LogP) is 2.58. The van der Waals surface area contributed by atoms with Crippen LogP contribution in [0.25, 0.3) is 0 Å². The zero-order chi connectivity index (χ0) is 11.9. The summed E-state index contributed by atoms with van der Waals surface area (Å²) in [5.74, 6) is -0.0935. The van der Waals surface area contributed by atoms with Crippen molar-refractivity contribution < 1.29 is 9.13 Å². The summed E-state index contributed by atoms with van der Waals surface area (Å²) in [7, 11) is 0. The number of halogens is 1. The molecule has 17 heavy (non-hydrogen) atoms. The minimum atomic E-state index is -0.127. The van der Waals surface area contributed by atoms with Crippen molar-refractivity contribution in [3.63, 3.8) is 0 Å². The van der Waals surface area contributed by atoms with Gasteiger partial charge in [0.1, 0.15) is 5.82 Å². The Bertz CT molecular complexity index is 416. The maximum absolute atomic E-state index is 13.8. The number of nitrogens with one attached hydrogen (secondary N) is 1. The fourth-order valence-electron chi connectivity index (χ4n) is 2.74. The van der Waals surface area contributed by atoms with E-state index in [1.54, 1.807) is 12.1 Å². The van der Waals surface area contributed by atoms with Crippen molar-refractivity contribution in [3.8, 4) is 0 Å². The number of benzene rings is 1. The van der Waals surface area contributed by atoms with Crippen molar-refractivity contribution in [1.82, 2.24) is 5.32 Å². The summed E-state index contributed by atoms with van der Waals surface area (Å²) in [6.45, 7) is 2.90. The van der Waals surface area contributed by atoms with Crippen LogP contribution in [0.1, 0.15) is 31.7 Å². The molecule has 2 unspecified atom stereocenters. The van der Waals surface area contributed by atoms with Gasteiger partial charge in [0.15, 0.2) is 0 Å². The third kappa shape index (κ3) is 1.98. The van der Waals surface area contributed by atoms with Gasteiger partial charge in [-0.2, -0.15) is 0 Å². The molecule has 0 aromatic heterocycles. The SMILES string of the molecule is CC1OCCC1NC1(c2ccccc2F)CC1. The van der Waals surface area contributed by atoms with Gasteiger partial charge < -0.3 is 10.1 Å². The number of hydrogen-bond acceptors (Lipinski definition) is 2. The third-order valence-electron chi connectivity index (χ3n) is 3.98. The van der Waals surface area contributed by atoms with Gasteiger partial charge in [-0.3, -0.25) is 0 Å². The maximum atomic E-state index is 13.8. The van der Waals surface area contributed by atoms with Crippen LogP contribution in [0.2, 0.25) is 0 Å². The molecule has 3 rings (SSSR count). The van der Waals surface area contributed by atoms with Crippen LogP contribution in [0.4, 0.5) is 4.39 Å². The first-order chi connectivity index (χ1) is 8.21. The van der Waals surface area contributed by atoms with Crippen LogP contribution in [0.3, 0.4) is 0 Å². The van der Waals surface area contributed by atoms with Gasteiger partial charge in [0.05, 0.1) is 6.10 Å². The molecule has 2 nitrogen and oxygen atoms in total. The van der Waals surface area contributed by atoms with Crippen LogP contribution in [0.15, 0.2) is 24.3 Å². The van der Waals surface area contributed by atoms with Gasteiger partial charge in [-0.15, -0.1) is 0 Å². The highest BCUT2D eigenvalue weighted by Gasteiger charge is 2.48. The van der Waals surface area contributed by atoms with Gasteiger partial charge in [-0.25, -0.2) is 4.39 Å². The quantitative estimate of drug-likeness (QED) is 0.869. The molecule has 3 heteroatoms. The van der Waals surface area contributed by atoms with Crippen molar-refractivity contribution in [2.24, 2.45) is 0 Å². The Morgan fingerprint density at radius 3 is 2.71 bits per heavy atom. The molecule has 0 spiro atoms. The molecule has 2 atom stereocenters.